The van der Waals surface area contributed by atoms with Crippen LogP contribution in [0.2, 0.25) is 0 Å². The van der Waals surface area contributed by atoms with Crippen LogP contribution < -0.4 is 15.0 Å². The highest BCUT2D eigenvalue weighted by Gasteiger charge is 2.49. The Labute approximate surface area is 241 Å². The Balaban J connectivity index is 1.23. The third-order valence-electron chi connectivity index (χ3n) is 9.71. The van der Waals surface area contributed by atoms with Crippen LogP contribution in [0.25, 0.3) is 32.8 Å². The molecule has 8 rings (SSSR count). The number of benzene rings is 3. The first-order valence-electron chi connectivity index (χ1n) is 14.8. The molecule has 4 aliphatic heterocycles. The summed E-state index contributed by atoms with van der Waals surface area (Å²) in [7, 11) is 0. The summed E-state index contributed by atoms with van der Waals surface area (Å²) in [4.78, 5) is 14.2. The van der Waals surface area contributed by atoms with Gasteiger partial charge in [-0.2, -0.15) is 9.97 Å². The van der Waals surface area contributed by atoms with Crippen LogP contribution in [0, 0.1) is 11.6 Å². The minimum atomic E-state index is -0.964. The van der Waals surface area contributed by atoms with E-state index >= 15 is 4.39 Å². The lowest BCUT2D eigenvalue weighted by atomic mass is 9.95. The molecule has 4 aliphatic rings. The minimum Gasteiger partial charge on any atom is -0.508 e. The fourth-order valence-corrected chi connectivity index (χ4v) is 7.79. The number of alkyl halides is 1. The van der Waals surface area contributed by atoms with Crippen LogP contribution in [0.1, 0.15) is 32.1 Å². The molecule has 3 aromatic carbocycles. The van der Waals surface area contributed by atoms with E-state index in [0.29, 0.717) is 53.7 Å². The number of rotatable bonds is 5. The highest BCUT2D eigenvalue weighted by atomic mass is 19.2. The molecule has 4 aromatic rings. The first-order chi connectivity index (χ1) is 20.3. The summed E-state index contributed by atoms with van der Waals surface area (Å²) in [5, 5.41) is 15.4. The molecular formula is C32H32F3N5O2. The van der Waals surface area contributed by atoms with Crippen molar-refractivity contribution in [3.05, 3.63) is 54.1 Å². The van der Waals surface area contributed by atoms with Gasteiger partial charge in [-0.25, -0.2) is 13.2 Å². The van der Waals surface area contributed by atoms with E-state index in [1.165, 1.54) is 18.2 Å². The number of phenolic OH excluding ortho intramolecular Hbond substituents is 1. The van der Waals surface area contributed by atoms with Gasteiger partial charge in [0.15, 0.2) is 11.6 Å². The Hall–Kier alpha value is -3.63. The number of hydrogen-bond acceptors (Lipinski definition) is 7. The Morgan fingerprint density at radius 1 is 1.02 bits per heavy atom. The average molecular weight is 576 g/mol. The lowest BCUT2D eigenvalue weighted by Crippen LogP contribution is -2.51. The molecule has 4 atom stereocenters. The van der Waals surface area contributed by atoms with Crippen LogP contribution in [0.4, 0.5) is 19.0 Å². The van der Waals surface area contributed by atoms with Crippen LogP contribution in [-0.2, 0) is 0 Å². The van der Waals surface area contributed by atoms with Crippen molar-refractivity contribution in [3.63, 3.8) is 0 Å². The van der Waals surface area contributed by atoms with Crippen LogP contribution in [0.15, 0.2) is 42.5 Å². The molecule has 10 heteroatoms. The van der Waals surface area contributed by atoms with Crippen molar-refractivity contribution >= 4 is 27.5 Å². The van der Waals surface area contributed by atoms with E-state index in [4.69, 9.17) is 14.7 Å². The molecule has 7 nitrogen and oxygen atoms in total. The first-order valence-corrected chi connectivity index (χ1v) is 14.8. The zero-order valence-electron chi connectivity index (χ0n) is 23.1. The SMILES string of the molecule is Oc1cc(-c2ccc3c(N4CC5CCC(C4)N5)nc(OC[C@@]45CCCN4C[C@H](F)C5)nc3c2)c2c(F)c(F)ccc2c1. The lowest BCUT2D eigenvalue weighted by Gasteiger charge is -2.34. The normalized spacial score (nSPS) is 27.3. The maximum atomic E-state index is 15.1. The van der Waals surface area contributed by atoms with Crippen molar-refractivity contribution in [2.24, 2.45) is 0 Å². The monoisotopic (exact) mass is 575 g/mol. The van der Waals surface area contributed by atoms with Crippen molar-refractivity contribution < 1.29 is 23.0 Å². The largest absolute Gasteiger partial charge is 0.508 e. The zero-order valence-corrected chi connectivity index (χ0v) is 23.1. The number of phenols is 1. The molecule has 5 heterocycles. The molecule has 4 saturated heterocycles. The quantitative estimate of drug-likeness (QED) is 0.333. The Kier molecular flexibility index (Phi) is 6.01. The summed E-state index contributed by atoms with van der Waals surface area (Å²) >= 11 is 0. The van der Waals surface area contributed by atoms with Gasteiger partial charge in [0.25, 0.3) is 0 Å². The maximum Gasteiger partial charge on any atom is 0.319 e. The van der Waals surface area contributed by atoms with Crippen LogP contribution in [0.3, 0.4) is 0 Å². The fourth-order valence-electron chi connectivity index (χ4n) is 7.79. The number of ether oxygens (including phenoxy) is 1. The van der Waals surface area contributed by atoms with Crippen molar-refractivity contribution in [1.29, 1.82) is 0 Å². The highest BCUT2D eigenvalue weighted by Crippen LogP contribution is 2.41. The van der Waals surface area contributed by atoms with Gasteiger partial charge >= 0.3 is 6.01 Å². The van der Waals surface area contributed by atoms with Gasteiger partial charge in [0.1, 0.15) is 24.3 Å². The van der Waals surface area contributed by atoms with Gasteiger partial charge in [-0.15, -0.1) is 0 Å². The van der Waals surface area contributed by atoms with Crippen LogP contribution in [-0.4, -0.2) is 76.6 Å². The second-order valence-corrected chi connectivity index (χ2v) is 12.4. The van der Waals surface area contributed by atoms with E-state index in [9.17, 15) is 13.9 Å². The molecule has 1 aromatic heterocycles. The smallest absolute Gasteiger partial charge is 0.319 e. The summed E-state index contributed by atoms with van der Waals surface area (Å²) in [6.07, 6.45) is 3.72. The number of aromatic hydroxyl groups is 1. The summed E-state index contributed by atoms with van der Waals surface area (Å²) in [6, 6.07) is 11.9. The van der Waals surface area contributed by atoms with Gasteiger partial charge in [-0.1, -0.05) is 12.1 Å². The summed E-state index contributed by atoms with van der Waals surface area (Å²) in [5.74, 6) is -1.19. The predicted molar refractivity (Wildman–Crippen MR) is 155 cm³/mol. The molecule has 218 valence electrons. The third-order valence-corrected chi connectivity index (χ3v) is 9.71. The zero-order chi connectivity index (χ0) is 28.6. The number of fused-ring (bicyclic) bond motifs is 5. The van der Waals surface area contributed by atoms with Gasteiger partial charge in [0, 0.05) is 48.9 Å². The summed E-state index contributed by atoms with van der Waals surface area (Å²) < 4.78 is 50.1. The Morgan fingerprint density at radius 2 is 1.86 bits per heavy atom. The second kappa shape index (κ2) is 9.70. The van der Waals surface area contributed by atoms with Gasteiger partial charge < -0.3 is 20.1 Å². The maximum absolute atomic E-state index is 15.1. The molecule has 0 spiro atoms. The topological polar surface area (TPSA) is 73.8 Å². The van der Waals surface area contributed by atoms with Crippen molar-refractivity contribution in [2.75, 3.05) is 37.7 Å². The van der Waals surface area contributed by atoms with E-state index in [-0.39, 0.29) is 22.7 Å². The van der Waals surface area contributed by atoms with Crippen LogP contribution in [0.5, 0.6) is 11.8 Å². The number of nitrogens with one attached hydrogen (secondary N) is 1. The van der Waals surface area contributed by atoms with E-state index in [2.05, 4.69) is 15.1 Å². The number of halogens is 3. The van der Waals surface area contributed by atoms with E-state index in [1.54, 1.807) is 0 Å². The summed E-state index contributed by atoms with van der Waals surface area (Å²) in [6.45, 7) is 3.25. The molecule has 0 aliphatic carbocycles. The molecule has 42 heavy (non-hydrogen) atoms. The molecule has 0 radical (unpaired) electrons. The van der Waals surface area contributed by atoms with Crippen molar-refractivity contribution in [1.82, 2.24) is 20.2 Å². The van der Waals surface area contributed by atoms with Gasteiger partial charge in [-0.3, -0.25) is 4.90 Å². The van der Waals surface area contributed by atoms with Gasteiger partial charge in [0.05, 0.1) is 11.1 Å². The first kappa shape index (κ1) is 26.0. The number of aromatic nitrogens is 2. The number of anilines is 1. The van der Waals surface area contributed by atoms with Gasteiger partial charge in [0.2, 0.25) is 0 Å². The highest BCUT2D eigenvalue weighted by molar-refractivity contribution is 6.01. The second-order valence-electron chi connectivity index (χ2n) is 12.4. The Bertz CT molecular complexity index is 1710. The molecule has 2 N–H and O–H groups in total. The van der Waals surface area contributed by atoms with E-state index in [1.807, 2.05) is 18.2 Å². The number of piperazine rings is 1. The van der Waals surface area contributed by atoms with E-state index in [0.717, 1.165) is 62.6 Å². The molecule has 4 fully saturated rings. The minimum absolute atomic E-state index is 0.0459. The van der Waals surface area contributed by atoms with E-state index < -0.39 is 17.8 Å². The fraction of sp³-hybridized carbons (Fsp3) is 0.438. The van der Waals surface area contributed by atoms with Gasteiger partial charge in [-0.05, 0) is 79.1 Å². The molecular weight excluding hydrogens is 543 g/mol. The predicted octanol–water partition coefficient (Wildman–Crippen LogP) is 5.33. The Morgan fingerprint density at radius 3 is 2.69 bits per heavy atom. The number of hydrogen-bond donors (Lipinski definition) is 2. The molecule has 2 bridgehead atoms. The van der Waals surface area contributed by atoms with Crippen LogP contribution >= 0.6 is 0 Å². The summed E-state index contributed by atoms with van der Waals surface area (Å²) in [5.41, 5.74) is 1.21. The number of nitrogens with zero attached hydrogens (tertiary/aromatic N) is 4. The molecule has 2 unspecified atom stereocenters. The standard InChI is InChI=1S/C32H32F3N5O2/c33-20-13-32(8-1-9-40(32)14-20)17-42-31-37-27-11-18(25-12-23(41)10-19-3-7-26(34)29(35)28(19)25)2-6-24(27)30(38-31)39-15-21-4-5-22(16-39)36-21/h2-3,6-7,10-12,20-22,36,41H,1,4-5,8-9,13-17H2/t20-,21?,22?,32+/m1/s1. The van der Waals surface area contributed by atoms with Crippen molar-refractivity contribution in [3.8, 4) is 22.9 Å². The molecule has 0 saturated carbocycles. The third kappa shape index (κ3) is 4.26. The lowest BCUT2D eigenvalue weighted by molar-refractivity contribution is 0.107. The van der Waals surface area contributed by atoms with Crippen molar-refractivity contribution in [2.45, 2.75) is 55.9 Å². The average Bonchev–Trinajstić information content (AvgIpc) is 3.63. The molecule has 0 amide bonds.